The molecule has 0 heterocycles. The molecule has 112 valence electrons. The van der Waals surface area contributed by atoms with Crippen molar-refractivity contribution in [3.8, 4) is 0 Å². The van der Waals surface area contributed by atoms with Gasteiger partial charge in [-0.1, -0.05) is 25.4 Å². The van der Waals surface area contributed by atoms with Crippen LogP contribution in [-0.4, -0.2) is 26.1 Å². The summed E-state index contributed by atoms with van der Waals surface area (Å²) in [7, 11) is -3.86. The van der Waals surface area contributed by atoms with Gasteiger partial charge in [0, 0.05) is 12.2 Å². The molecule has 7 heteroatoms. The van der Waals surface area contributed by atoms with Crippen LogP contribution in [0.4, 0.5) is 5.69 Å². The highest BCUT2D eigenvalue weighted by Gasteiger charge is 2.31. The first-order valence-corrected chi connectivity index (χ1v) is 8.15. The maximum Gasteiger partial charge on any atom is 0.238 e. The molecular formula is C13H19ClN2O3S. The Bertz CT molecular complexity index is 600. The van der Waals surface area contributed by atoms with E-state index in [1.807, 2.05) is 13.8 Å². The molecule has 1 rings (SSSR count). The molecule has 0 radical (unpaired) electrons. The van der Waals surface area contributed by atoms with Crippen LogP contribution in [0.2, 0.25) is 5.02 Å². The van der Waals surface area contributed by atoms with Crippen LogP contribution in [0.25, 0.3) is 0 Å². The Balaban J connectivity index is 3.04. The number of benzene rings is 1. The number of hydrogen-bond acceptors (Lipinski definition) is 4. The highest BCUT2D eigenvalue weighted by atomic mass is 35.5. The zero-order valence-electron chi connectivity index (χ0n) is 11.7. The summed E-state index contributed by atoms with van der Waals surface area (Å²) in [6.07, 6.45) is 0. The van der Waals surface area contributed by atoms with Gasteiger partial charge in [0.2, 0.25) is 5.91 Å². The van der Waals surface area contributed by atoms with Crippen LogP contribution >= 0.6 is 11.6 Å². The lowest BCUT2D eigenvalue weighted by molar-refractivity contribution is -0.120. The summed E-state index contributed by atoms with van der Waals surface area (Å²) < 4.78 is 24.8. The molecule has 0 aliphatic heterocycles. The fraction of sp³-hybridized carbons (Fsp3) is 0.462. The average Bonchev–Trinajstić information content (AvgIpc) is 2.37. The van der Waals surface area contributed by atoms with Crippen molar-refractivity contribution in [2.45, 2.75) is 30.9 Å². The van der Waals surface area contributed by atoms with Crippen LogP contribution in [-0.2, 0) is 14.6 Å². The summed E-state index contributed by atoms with van der Waals surface area (Å²) in [5.74, 6) is -0.304. The number of nitrogens with two attached hydrogens (primary N) is 1. The van der Waals surface area contributed by atoms with Gasteiger partial charge in [-0.05, 0) is 31.0 Å². The molecule has 0 aromatic heterocycles. The number of carbonyl (C=O) groups is 1. The van der Waals surface area contributed by atoms with Crippen molar-refractivity contribution >= 4 is 33.0 Å². The summed E-state index contributed by atoms with van der Waals surface area (Å²) in [5, 5.41) is 1.44. The van der Waals surface area contributed by atoms with Crippen LogP contribution < -0.4 is 11.1 Å². The molecule has 1 amide bonds. The standard InChI is InChI=1S/C13H19ClN2O3S/c1-8(2)7-16-13(17)9(3)20(18,19)12-6-10(15)4-5-11(12)14/h4-6,8-9H,7,15H2,1-3H3,(H,16,17). The Hall–Kier alpha value is -1.27. The van der Waals surface area contributed by atoms with Crippen molar-refractivity contribution in [2.24, 2.45) is 5.92 Å². The van der Waals surface area contributed by atoms with Crippen molar-refractivity contribution in [2.75, 3.05) is 12.3 Å². The summed E-state index contributed by atoms with van der Waals surface area (Å²) in [6, 6.07) is 4.18. The van der Waals surface area contributed by atoms with Gasteiger partial charge >= 0.3 is 0 Å². The van der Waals surface area contributed by atoms with E-state index in [4.69, 9.17) is 17.3 Å². The molecule has 1 aromatic carbocycles. The van der Waals surface area contributed by atoms with Crippen LogP contribution in [0.5, 0.6) is 0 Å². The molecule has 5 nitrogen and oxygen atoms in total. The maximum absolute atomic E-state index is 12.4. The lowest BCUT2D eigenvalue weighted by atomic mass is 10.2. The largest absolute Gasteiger partial charge is 0.399 e. The van der Waals surface area contributed by atoms with E-state index in [0.717, 1.165) is 0 Å². The summed E-state index contributed by atoms with van der Waals surface area (Å²) in [4.78, 5) is 11.8. The van der Waals surface area contributed by atoms with E-state index in [-0.39, 0.29) is 21.5 Å². The van der Waals surface area contributed by atoms with Gasteiger partial charge in [-0.25, -0.2) is 8.42 Å². The van der Waals surface area contributed by atoms with Gasteiger partial charge in [0.15, 0.2) is 9.84 Å². The second-order valence-corrected chi connectivity index (χ2v) is 7.66. The van der Waals surface area contributed by atoms with Crippen molar-refractivity contribution < 1.29 is 13.2 Å². The Morgan fingerprint density at radius 1 is 1.35 bits per heavy atom. The maximum atomic E-state index is 12.4. The number of hydrogen-bond donors (Lipinski definition) is 2. The summed E-state index contributed by atoms with van der Waals surface area (Å²) >= 11 is 5.89. The predicted molar refractivity (Wildman–Crippen MR) is 80.4 cm³/mol. The van der Waals surface area contributed by atoms with E-state index >= 15 is 0 Å². The number of rotatable bonds is 5. The van der Waals surface area contributed by atoms with Crippen LogP contribution in [0.15, 0.2) is 23.1 Å². The third-order valence-electron chi connectivity index (χ3n) is 2.78. The van der Waals surface area contributed by atoms with Gasteiger partial charge in [-0.3, -0.25) is 4.79 Å². The Labute approximate surface area is 124 Å². The van der Waals surface area contributed by atoms with Gasteiger partial charge < -0.3 is 11.1 Å². The molecule has 1 atom stereocenters. The monoisotopic (exact) mass is 318 g/mol. The predicted octanol–water partition coefficient (Wildman–Crippen LogP) is 1.86. The smallest absolute Gasteiger partial charge is 0.238 e. The van der Waals surface area contributed by atoms with Gasteiger partial charge in [-0.2, -0.15) is 0 Å². The van der Waals surface area contributed by atoms with Crippen molar-refractivity contribution in [1.82, 2.24) is 5.32 Å². The van der Waals surface area contributed by atoms with Gasteiger partial charge in [0.1, 0.15) is 5.25 Å². The highest BCUT2D eigenvalue weighted by Crippen LogP contribution is 2.27. The van der Waals surface area contributed by atoms with Crippen LogP contribution in [0, 0.1) is 5.92 Å². The molecule has 1 aromatic rings. The van der Waals surface area contributed by atoms with E-state index in [1.54, 1.807) is 0 Å². The number of nitrogen functional groups attached to an aromatic ring is 1. The van der Waals surface area contributed by atoms with Gasteiger partial charge in [-0.15, -0.1) is 0 Å². The number of halogens is 1. The topological polar surface area (TPSA) is 89.3 Å². The number of carbonyl (C=O) groups excluding carboxylic acids is 1. The lowest BCUT2D eigenvalue weighted by Gasteiger charge is -2.15. The third-order valence-corrected chi connectivity index (χ3v) is 5.32. The molecule has 1 unspecified atom stereocenters. The van der Waals surface area contributed by atoms with E-state index in [9.17, 15) is 13.2 Å². The summed E-state index contributed by atoms with van der Waals surface area (Å²) in [6.45, 7) is 5.61. The quantitative estimate of drug-likeness (QED) is 0.811. The molecule has 0 bridgehead atoms. The van der Waals surface area contributed by atoms with Crippen LogP contribution in [0.1, 0.15) is 20.8 Å². The van der Waals surface area contributed by atoms with Crippen molar-refractivity contribution in [1.29, 1.82) is 0 Å². The highest BCUT2D eigenvalue weighted by molar-refractivity contribution is 7.92. The molecular weight excluding hydrogens is 300 g/mol. The average molecular weight is 319 g/mol. The minimum atomic E-state index is -3.86. The molecule has 0 spiro atoms. The first-order chi connectivity index (χ1) is 9.16. The normalized spacial score (nSPS) is 13.2. The number of anilines is 1. The molecule has 3 N–H and O–H groups in total. The van der Waals surface area contributed by atoms with Crippen molar-refractivity contribution in [3.05, 3.63) is 23.2 Å². The molecule has 0 fully saturated rings. The minimum absolute atomic E-state index is 0.0581. The second-order valence-electron chi connectivity index (χ2n) is 5.02. The first kappa shape index (κ1) is 16.8. The van der Waals surface area contributed by atoms with Gasteiger partial charge in [0.25, 0.3) is 0 Å². The van der Waals surface area contributed by atoms with E-state index in [1.165, 1.54) is 25.1 Å². The Morgan fingerprint density at radius 3 is 2.50 bits per heavy atom. The molecule has 0 saturated carbocycles. The summed E-state index contributed by atoms with van der Waals surface area (Å²) in [5.41, 5.74) is 5.86. The van der Waals surface area contributed by atoms with Crippen molar-refractivity contribution in [3.63, 3.8) is 0 Å². The number of sulfone groups is 1. The Kier molecular flexibility index (Phi) is 5.42. The third kappa shape index (κ3) is 3.86. The molecule has 0 saturated heterocycles. The fourth-order valence-corrected chi connectivity index (χ4v) is 3.34. The van der Waals surface area contributed by atoms with E-state index < -0.39 is 21.0 Å². The SMILES string of the molecule is CC(C)CNC(=O)C(C)S(=O)(=O)c1cc(N)ccc1Cl. The zero-order valence-corrected chi connectivity index (χ0v) is 13.3. The zero-order chi connectivity index (χ0) is 15.5. The molecule has 0 aliphatic rings. The fourth-order valence-electron chi connectivity index (χ4n) is 1.52. The second kappa shape index (κ2) is 6.45. The number of amides is 1. The Morgan fingerprint density at radius 2 is 1.95 bits per heavy atom. The number of nitrogens with one attached hydrogen (secondary N) is 1. The first-order valence-electron chi connectivity index (χ1n) is 6.23. The van der Waals surface area contributed by atoms with E-state index in [0.29, 0.717) is 6.54 Å². The molecule has 0 aliphatic carbocycles. The molecule has 20 heavy (non-hydrogen) atoms. The van der Waals surface area contributed by atoms with Crippen LogP contribution in [0.3, 0.4) is 0 Å². The van der Waals surface area contributed by atoms with Gasteiger partial charge in [0.05, 0.1) is 9.92 Å². The van der Waals surface area contributed by atoms with E-state index in [2.05, 4.69) is 5.32 Å². The lowest BCUT2D eigenvalue weighted by Crippen LogP contribution is -2.39. The minimum Gasteiger partial charge on any atom is -0.399 e.